The topological polar surface area (TPSA) is 104 Å². The van der Waals surface area contributed by atoms with Crippen LogP contribution in [0.1, 0.15) is 29.5 Å². The van der Waals surface area contributed by atoms with Gasteiger partial charge in [-0.2, -0.15) is 0 Å². The zero-order chi connectivity index (χ0) is 22.4. The zero-order valence-corrected chi connectivity index (χ0v) is 18.1. The smallest absolute Gasteiger partial charge is 0.311 e. The maximum Gasteiger partial charge on any atom is 0.311 e. The lowest BCUT2D eigenvalue weighted by molar-refractivity contribution is -0.152. The lowest BCUT2D eigenvalue weighted by atomic mass is 10.1. The van der Waals surface area contributed by atoms with Crippen LogP contribution in [0.15, 0.2) is 47.1 Å². The van der Waals surface area contributed by atoms with Crippen LogP contribution in [-0.4, -0.2) is 28.1 Å². The van der Waals surface area contributed by atoms with Crippen molar-refractivity contribution in [2.75, 3.05) is 5.32 Å². The summed E-state index contributed by atoms with van der Waals surface area (Å²) in [5.41, 5.74) is 2.44. The molecule has 3 aromatic rings. The Balaban J connectivity index is 1.47. The second-order valence-corrected chi connectivity index (χ2v) is 7.33. The zero-order valence-electron chi connectivity index (χ0n) is 17.3. The SMILES string of the molecule is Cc1noc(C)c1COc1ccc(CC(=O)OC(C)C(=O)Nc2ccc(Cl)cn2)cc1. The third-order valence-corrected chi connectivity index (χ3v) is 4.72. The molecule has 2 aromatic heterocycles. The van der Waals surface area contributed by atoms with Gasteiger partial charge < -0.3 is 19.3 Å². The summed E-state index contributed by atoms with van der Waals surface area (Å²) in [5, 5.41) is 6.92. The quantitative estimate of drug-likeness (QED) is 0.524. The van der Waals surface area contributed by atoms with Gasteiger partial charge in [0.1, 0.15) is 23.9 Å². The van der Waals surface area contributed by atoms with E-state index in [-0.39, 0.29) is 6.42 Å². The number of rotatable bonds is 8. The predicted molar refractivity (Wildman–Crippen MR) is 114 cm³/mol. The van der Waals surface area contributed by atoms with Gasteiger partial charge in [0.25, 0.3) is 5.91 Å². The van der Waals surface area contributed by atoms with Gasteiger partial charge in [-0.25, -0.2) is 4.98 Å². The van der Waals surface area contributed by atoms with E-state index in [1.165, 1.54) is 13.1 Å². The number of hydrogen-bond donors (Lipinski definition) is 1. The first-order chi connectivity index (χ1) is 14.8. The fourth-order valence-electron chi connectivity index (χ4n) is 2.70. The molecule has 0 radical (unpaired) electrons. The van der Waals surface area contributed by atoms with Gasteiger partial charge in [0.2, 0.25) is 0 Å². The average Bonchev–Trinajstić information content (AvgIpc) is 3.06. The number of anilines is 1. The molecule has 0 aliphatic carbocycles. The number of aryl methyl sites for hydroxylation is 2. The number of benzene rings is 1. The lowest BCUT2D eigenvalue weighted by Gasteiger charge is -2.13. The molecule has 9 heteroatoms. The summed E-state index contributed by atoms with van der Waals surface area (Å²) in [7, 11) is 0. The first kappa shape index (κ1) is 22.3. The van der Waals surface area contributed by atoms with Crippen LogP contribution in [0.2, 0.25) is 5.02 Å². The number of nitrogens with one attached hydrogen (secondary N) is 1. The molecule has 0 fully saturated rings. The normalized spacial score (nSPS) is 11.6. The van der Waals surface area contributed by atoms with Crippen LogP contribution in [0.4, 0.5) is 5.82 Å². The van der Waals surface area contributed by atoms with E-state index >= 15 is 0 Å². The van der Waals surface area contributed by atoms with Gasteiger partial charge in [0.15, 0.2) is 6.10 Å². The number of pyridine rings is 1. The number of halogens is 1. The third kappa shape index (κ3) is 6.29. The van der Waals surface area contributed by atoms with Crippen LogP contribution in [0, 0.1) is 13.8 Å². The molecular weight excluding hydrogens is 422 g/mol. The molecule has 1 atom stereocenters. The monoisotopic (exact) mass is 443 g/mol. The summed E-state index contributed by atoms with van der Waals surface area (Å²) in [6.07, 6.45) is 0.471. The third-order valence-electron chi connectivity index (χ3n) is 4.49. The van der Waals surface area contributed by atoms with E-state index in [1.807, 2.05) is 13.8 Å². The van der Waals surface area contributed by atoms with Gasteiger partial charge in [-0.1, -0.05) is 28.9 Å². The van der Waals surface area contributed by atoms with Crippen molar-refractivity contribution in [1.82, 2.24) is 10.1 Å². The first-order valence-electron chi connectivity index (χ1n) is 9.57. The van der Waals surface area contributed by atoms with Crippen molar-refractivity contribution in [2.24, 2.45) is 0 Å². The Morgan fingerprint density at radius 3 is 2.52 bits per heavy atom. The number of hydrogen-bond acceptors (Lipinski definition) is 7. The minimum Gasteiger partial charge on any atom is -0.489 e. The predicted octanol–water partition coefficient (Wildman–Crippen LogP) is 4.03. The summed E-state index contributed by atoms with van der Waals surface area (Å²) < 4.78 is 16.1. The van der Waals surface area contributed by atoms with E-state index in [4.69, 9.17) is 25.6 Å². The average molecular weight is 444 g/mol. The molecule has 1 aromatic carbocycles. The van der Waals surface area contributed by atoms with Crippen molar-refractivity contribution in [3.05, 3.63) is 70.2 Å². The Morgan fingerprint density at radius 2 is 1.90 bits per heavy atom. The molecule has 162 valence electrons. The molecule has 0 saturated heterocycles. The maximum absolute atomic E-state index is 12.2. The van der Waals surface area contributed by atoms with E-state index in [1.54, 1.807) is 36.4 Å². The van der Waals surface area contributed by atoms with Crippen LogP contribution < -0.4 is 10.1 Å². The van der Waals surface area contributed by atoms with Gasteiger partial charge in [-0.15, -0.1) is 0 Å². The minimum atomic E-state index is -0.970. The Bertz CT molecular complexity index is 1030. The second-order valence-electron chi connectivity index (χ2n) is 6.90. The molecule has 8 nitrogen and oxygen atoms in total. The van der Waals surface area contributed by atoms with E-state index in [9.17, 15) is 9.59 Å². The molecule has 0 bridgehead atoms. The molecule has 1 N–H and O–H groups in total. The van der Waals surface area contributed by atoms with Crippen molar-refractivity contribution in [3.8, 4) is 5.75 Å². The number of carbonyl (C=O) groups is 2. The number of esters is 1. The Morgan fingerprint density at radius 1 is 1.16 bits per heavy atom. The molecule has 1 amide bonds. The van der Waals surface area contributed by atoms with E-state index in [0.717, 1.165) is 22.6 Å². The largest absolute Gasteiger partial charge is 0.489 e. The van der Waals surface area contributed by atoms with Crippen molar-refractivity contribution < 1.29 is 23.6 Å². The first-order valence-corrected chi connectivity index (χ1v) is 9.95. The molecule has 0 spiro atoms. The Hall–Kier alpha value is -3.39. The lowest BCUT2D eigenvalue weighted by Crippen LogP contribution is -2.30. The van der Waals surface area contributed by atoms with Crippen LogP contribution in [0.3, 0.4) is 0 Å². The second kappa shape index (κ2) is 10.1. The highest BCUT2D eigenvalue weighted by molar-refractivity contribution is 6.30. The Labute approximate surface area is 184 Å². The maximum atomic E-state index is 12.2. The molecule has 2 heterocycles. The van der Waals surface area contributed by atoms with Crippen LogP contribution in [-0.2, 0) is 27.4 Å². The molecule has 0 saturated carbocycles. The summed E-state index contributed by atoms with van der Waals surface area (Å²) in [6.45, 7) is 5.53. The van der Waals surface area contributed by atoms with E-state index in [0.29, 0.717) is 23.2 Å². The van der Waals surface area contributed by atoms with E-state index in [2.05, 4.69) is 15.5 Å². The number of carbonyl (C=O) groups excluding carboxylic acids is 2. The molecular formula is C22H22ClN3O5. The highest BCUT2D eigenvalue weighted by Crippen LogP contribution is 2.18. The van der Waals surface area contributed by atoms with Crippen molar-refractivity contribution >= 4 is 29.3 Å². The summed E-state index contributed by atoms with van der Waals surface area (Å²) in [4.78, 5) is 28.3. The van der Waals surface area contributed by atoms with Crippen molar-refractivity contribution in [3.63, 3.8) is 0 Å². The fourth-order valence-corrected chi connectivity index (χ4v) is 2.82. The molecule has 0 aliphatic rings. The van der Waals surface area contributed by atoms with Crippen LogP contribution in [0.5, 0.6) is 5.75 Å². The molecule has 0 aliphatic heterocycles. The highest BCUT2D eigenvalue weighted by atomic mass is 35.5. The Kier molecular flexibility index (Phi) is 7.25. The molecule has 3 rings (SSSR count). The summed E-state index contributed by atoms with van der Waals surface area (Å²) in [6, 6.07) is 10.2. The molecule has 31 heavy (non-hydrogen) atoms. The number of nitrogens with zero attached hydrogens (tertiary/aromatic N) is 2. The van der Waals surface area contributed by atoms with Crippen molar-refractivity contribution in [2.45, 2.75) is 39.9 Å². The van der Waals surface area contributed by atoms with Crippen LogP contribution >= 0.6 is 11.6 Å². The van der Waals surface area contributed by atoms with Gasteiger partial charge in [-0.3, -0.25) is 9.59 Å². The number of aromatic nitrogens is 2. The van der Waals surface area contributed by atoms with Crippen molar-refractivity contribution in [1.29, 1.82) is 0 Å². The fraction of sp³-hybridized carbons (Fsp3) is 0.273. The summed E-state index contributed by atoms with van der Waals surface area (Å²) in [5.74, 6) is 0.703. The van der Waals surface area contributed by atoms with Gasteiger partial charge in [0, 0.05) is 6.20 Å². The molecule has 1 unspecified atom stereocenters. The van der Waals surface area contributed by atoms with Gasteiger partial charge in [0.05, 0.1) is 22.7 Å². The standard InChI is InChI=1S/C22H22ClN3O5/c1-13-19(14(2)31-26-13)12-29-18-7-4-16(5-8-18)10-21(27)30-15(3)22(28)25-20-9-6-17(23)11-24-20/h4-9,11,15H,10,12H2,1-3H3,(H,24,25,28). The number of amides is 1. The summed E-state index contributed by atoms with van der Waals surface area (Å²) >= 11 is 5.76. The highest BCUT2D eigenvalue weighted by Gasteiger charge is 2.18. The number of ether oxygens (including phenoxy) is 2. The van der Waals surface area contributed by atoms with E-state index < -0.39 is 18.0 Å². The minimum absolute atomic E-state index is 0.0287. The van der Waals surface area contributed by atoms with Gasteiger partial charge >= 0.3 is 5.97 Å². The van der Waals surface area contributed by atoms with Gasteiger partial charge in [-0.05, 0) is 50.6 Å². The van der Waals surface area contributed by atoms with Crippen LogP contribution in [0.25, 0.3) is 0 Å².